The van der Waals surface area contributed by atoms with Crippen molar-refractivity contribution in [3.05, 3.63) is 53.6 Å². The highest BCUT2D eigenvalue weighted by Crippen LogP contribution is 2.22. The quantitative estimate of drug-likeness (QED) is 0.776. The van der Waals surface area contributed by atoms with Crippen LogP contribution < -0.4 is 14.8 Å². The van der Waals surface area contributed by atoms with Gasteiger partial charge in [0.15, 0.2) is 0 Å². The molecule has 0 saturated heterocycles. The first kappa shape index (κ1) is 19.8. The van der Waals surface area contributed by atoms with E-state index in [0.29, 0.717) is 22.6 Å². The van der Waals surface area contributed by atoms with Crippen LogP contribution in [-0.2, 0) is 10.0 Å². The van der Waals surface area contributed by atoms with Gasteiger partial charge < -0.3 is 10.1 Å². The van der Waals surface area contributed by atoms with Crippen molar-refractivity contribution in [3.63, 3.8) is 0 Å². The highest BCUT2D eigenvalue weighted by molar-refractivity contribution is 7.92. The molecule has 0 aliphatic heterocycles. The first-order chi connectivity index (χ1) is 12.3. The Labute approximate surface area is 154 Å². The number of sulfonamides is 1. The summed E-state index contributed by atoms with van der Waals surface area (Å²) in [6.45, 7) is 5.68. The Morgan fingerprint density at radius 1 is 1.15 bits per heavy atom. The number of nitrogens with one attached hydrogen (secondary N) is 2. The average Bonchev–Trinajstić information content (AvgIpc) is 2.63. The highest BCUT2D eigenvalue weighted by atomic mass is 32.2. The molecule has 0 fully saturated rings. The Bertz CT molecular complexity index is 877. The first-order valence-corrected chi connectivity index (χ1v) is 9.83. The van der Waals surface area contributed by atoms with Gasteiger partial charge in [-0.3, -0.25) is 9.52 Å². The number of hydrogen-bond acceptors (Lipinski definition) is 4. The van der Waals surface area contributed by atoms with E-state index in [-0.39, 0.29) is 16.8 Å². The standard InChI is InChI=1S/C19H24N2O4S/c1-5-14(3)20-19(22)15-6-11-18(13(2)12-15)21-26(23,24)17-9-7-16(25-4)8-10-17/h6-12,14,21H,5H2,1-4H3,(H,20,22)/t14-/m1/s1. The minimum absolute atomic E-state index is 0.0797. The summed E-state index contributed by atoms with van der Waals surface area (Å²) in [5, 5.41) is 2.89. The number of anilines is 1. The molecular formula is C19H24N2O4S. The number of rotatable bonds is 7. The summed E-state index contributed by atoms with van der Waals surface area (Å²) in [7, 11) is -2.21. The maximum absolute atomic E-state index is 12.5. The minimum Gasteiger partial charge on any atom is -0.497 e. The van der Waals surface area contributed by atoms with Crippen LogP contribution in [0.15, 0.2) is 47.4 Å². The molecule has 0 spiro atoms. The molecule has 1 amide bonds. The first-order valence-electron chi connectivity index (χ1n) is 8.35. The van der Waals surface area contributed by atoms with Crippen molar-refractivity contribution in [2.75, 3.05) is 11.8 Å². The highest BCUT2D eigenvalue weighted by Gasteiger charge is 2.16. The Morgan fingerprint density at radius 3 is 2.35 bits per heavy atom. The zero-order chi connectivity index (χ0) is 19.3. The number of methoxy groups -OCH3 is 1. The van der Waals surface area contributed by atoms with Crippen molar-refractivity contribution in [2.24, 2.45) is 0 Å². The summed E-state index contributed by atoms with van der Waals surface area (Å²) in [5.41, 5.74) is 1.59. The zero-order valence-corrected chi connectivity index (χ0v) is 16.2. The van der Waals surface area contributed by atoms with E-state index < -0.39 is 10.0 Å². The fraction of sp³-hybridized carbons (Fsp3) is 0.316. The Morgan fingerprint density at radius 2 is 1.81 bits per heavy atom. The van der Waals surface area contributed by atoms with E-state index in [1.165, 1.54) is 19.2 Å². The molecule has 0 heterocycles. The molecule has 0 aliphatic rings. The van der Waals surface area contributed by atoms with Gasteiger partial charge in [0.05, 0.1) is 17.7 Å². The van der Waals surface area contributed by atoms with Crippen LogP contribution in [0.1, 0.15) is 36.2 Å². The number of benzene rings is 2. The van der Waals surface area contributed by atoms with Crippen LogP contribution in [0, 0.1) is 6.92 Å². The second kappa shape index (κ2) is 8.23. The number of carbonyl (C=O) groups is 1. The molecule has 0 bridgehead atoms. The lowest BCUT2D eigenvalue weighted by atomic mass is 10.1. The number of hydrogen-bond donors (Lipinski definition) is 2. The second-order valence-corrected chi connectivity index (χ2v) is 7.78. The fourth-order valence-electron chi connectivity index (χ4n) is 2.29. The van der Waals surface area contributed by atoms with Crippen molar-refractivity contribution < 1.29 is 17.9 Å². The fourth-order valence-corrected chi connectivity index (χ4v) is 3.42. The number of amides is 1. The van der Waals surface area contributed by atoms with Gasteiger partial charge in [-0.25, -0.2) is 8.42 Å². The van der Waals surface area contributed by atoms with E-state index in [4.69, 9.17) is 4.74 Å². The third-order valence-electron chi connectivity index (χ3n) is 4.09. The van der Waals surface area contributed by atoms with Gasteiger partial charge in [-0.05, 0) is 68.3 Å². The van der Waals surface area contributed by atoms with Gasteiger partial charge in [0.2, 0.25) is 0 Å². The van der Waals surface area contributed by atoms with Crippen molar-refractivity contribution in [1.29, 1.82) is 0 Å². The van der Waals surface area contributed by atoms with Gasteiger partial charge in [0.25, 0.3) is 15.9 Å². The zero-order valence-electron chi connectivity index (χ0n) is 15.4. The van der Waals surface area contributed by atoms with Crippen molar-refractivity contribution in [2.45, 2.75) is 38.1 Å². The monoisotopic (exact) mass is 376 g/mol. The van der Waals surface area contributed by atoms with E-state index >= 15 is 0 Å². The van der Waals surface area contributed by atoms with Crippen LogP contribution in [0.3, 0.4) is 0 Å². The Kier molecular flexibility index (Phi) is 6.26. The van der Waals surface area contributed by atoms with Crippen molar-refractivity contribution in [1.82, 2.24) is 5.32 Å². The van der Waals surface area contributed by atoms with E-state index in [0.717, 1.165) is 6.42 Å². The van der Waals surface area contributed by atoms with Crippen molar-refractivity contribution in [3.8, 4) is 5.75 Å². The number of aryl methyl sites for hydroxylation is 1. The largest absolute Gasteiger partial charge is 0.497 e. The summed E-state index contributed by atoms with van der Waals surface area (Å²) in [6.07, 6.45) is 0.838. The van der Waals surface area contributed by atoms with E-state index in [1.807, 2.05) is 13.8 Å². The maximum Gasteiger partial charge on any atom is 0.261 e. The number of ether oxygens (including phenoxy) is 1. The van der Waals surface area contributed by atoms with Gasteiger partial charge in [0.1, 0.15) is 5.75 Å². The molecule has 0 radical (unpaired) electrons. The summed E-state index contributed by atoms with van der Waals surface area (Å²) >= 11 is 0. The Hall–Kier alpha value is -2.54. The molecule has 2 aromatic carbocycles. The van der Waals surface area contributed by atoms with Crippen molar-refractivity contribution >= 4 is 21.6 Å². The van der Waals surface area contributed by atoms with Gasteiger partial charge in [-0.1, -0.05) is 6.92 Å². The molecule has 0 saturated carbocycles. The van der Waals surface area contributed by atoms with Gasteiger partial charge >= 0.3 is 0 Å². The summed E-state index contributed by atoms with van der Waals surface area (Å²) in [5.74, 6) is 0.406. The average molecular weight is 376 g/mol. The molecular weight excluding hydrogens is 352 g/mol. The molecule has 1 atom stereocenters. The molecule has 0 aromatic heterocycles. The lowest BCUT2D eigenvalue weighted by Crippen LogP contribution is -2.31. The van der Waals surface area contributed by atoms with Gasteiger partial charge in [-0.15, -0.1) is 0 Å². The van der Waals surface area contributed by atoms with Crippen LogP contribution >= 0.6 is 0 Å². The summed E-state index contributed by atoms with van der Waals surface area (Å²) in [6, 6.07) is 11.1. The molecule has 0 aliphatic carbocycles. The molecule has 2 aromatic rings. The molecule has 2 rings (SSSR count). The molecule has 0 unspecified atom stereocenters. The number of carbonyl (C=O) groups excluding carboxylic acids is 1. The van der Waals surface area contributed by atoms with Crippen LogP contribution in [0.2, 0.25) is 0 Å². The Balaban J connectivity index is 2.19. The normalized spacial score (nSPS) is 12.3. The summed E-state index contributed by atoms with van der Waals surface area (Å²) < 4.78 is 32.6. The smallest absolute Gasteiger partial charge is 0.261 e. The predicted molar refractivity (Wildman–Crippen MR) is 102 cm³/mol. The SMILES string of the molecule is CC[C@@H](C)NC(=O)c1ccc(NS(=O)(=O)c2ccc(OC)cc2)c(C)c1. The van der Waals surface area contributed by atoms with Gasteiger partial charge in [0, 0.05) is 11.6 Å². The van der Waals surface area contributed by atoms with Crippen LogP contribution in [0.25, 0.3) is 0 Å². The lowest BCUT2D eigenvalue weighted by molar-refractivity contribution is 0.0939. The topological polar surface area (TPSA) is 84.5 Å². The van der Waals surface area contributed by atoms with E-state index in [1.54, 1.807) is 37.3 Å². The summed E-state index contributed by atoms with van der Waals surface area (Å²) in [4.78, 5) is 12.3. The maximum atomic E-state index is 12.5. The molecule has 140 valence electrons. The van der Waals surface area contributed by atoms with Crippen LogP contribution in [-0.4, -0.2) is 27.5 Å². The molecule has 26 heavy (non-hydrogen) atoms. The van der Waals surface area contributed by atoms with Crippen LogP contribution in [0.4, 0.5) is 5.69 Å². The van der Waals surface area contributed by atoms with E-state index in [2.05, 4.69) is 10.0 Å². The third-order valence-corrected chi connectivity index (χ3v) is 5.47. The second-order valence-electron chi connectivity index (χ2n) is 6.09. The predicted octanol–water partition coefficient (Wildman–Crippen LogP) is 3.33. The van der Waals surface area contributed by atoms with Gasteiger partial charge in [-0.2, -0.15) is 0 Å². The minimum atomic E-state index is -3.72. The molecule has 6 nitrogen and oxygen atoms in total. The molecule has 2 N–H and O–H groups in total. The third kappa shape index (κ3) is 4.76. The van der Waals surface area contributed by atoms with Crippen LogP contribution in [0.5, 0.6) is 5.75 Å². The lowest BCUT2D eigenvalue weighted by Gasteiger charge is -2.14. The van der Waals surface area contributed by atoms with E-state index in [9.17, 15) is 13.2 Å². The molecule has 7 heteroatoms.